The zero-order valence-corrected chi connectivity index (χ0v) is 14.1. The highest BCUT2D eigenvalue weighted by atomic mass is 19.1. The van der Waals surface area contributed by atoms with Crippen LogP contribution in [0.1, 0.15) is 12.6 Å². The van der Waals surface area contributed by atoms with Crippen LogP contribution in [0.15, 0.2) is 53.7 Å². The molecule has 2 aromatic rings. The Balaban J connectivity index is 1.81. The molecule has 132 valence electrons. The molecular formula is C18H22FN5O. The molecule has 1 aromatic carbocycles. The molecular weight excluding hydrogens is 321 g/mol. The van der Waals surface area contributed by atoms with E-state index in [-0.39, 0.29) is 18.3 Å². The van der Waals surface area contributed by atoms with Gasteiger partial charge in [0.05, 0.1) is 0 Å². The Morgan fingerprint density at radius 2 is 1.96 bits per heavy atom. The quantitative estimate of drug-likeness (QED) is 0.530. The van der Waals surface area contributed by atoms with Crippen LogP contribution >= 0.6 is 0 Å². The van der Waals surface area contributed by atoms with Crippen LogP contribution in [-0.2, 0) is 11.2 Å². The average Bonchev–Trinajstić information content (AvgIpc) is 2.62. The fraction of sp³-hybridized carbons (Fsp3) is 0.278. The van der Waals surface area contributed by atoms with Gasteiger partial charge < -0.3 is 16.0 Å². The molecule has 7 heteroatoms. The van der Waals surface area contributed by atoms with Gasteiger partial charge in [-0.2, -0.15) is 0 Å². The molecule has 0 spiro atoms. The Hall–Kier alpha value is -2.96. The summed E-state index contributed by atoms with van der Waals surface area (Å²) < 4.78 is 12.8. The molecule has 0 radical (unpaired) electrons. The van der Waals surface area contributed by atoms with Crippen molar-refractivity contribution in [2.45, 2.75) is 13.3 Å². The lowest BCUT2D eigenvalue weighted by molar-refractivity contribution is -0.114. The van der Waals surface area contributed by atoms with Crippen LogP contribution in [0.25, 0.3) is 0 Å². The molecule has 0 saturated heterocycles. The third kappa shape index (κ3) is 6.99. The molecule has 0 atom stereocenters. The van der Waals surface area contributed by atoms with Crippen molar-refractivity contribution in [1.82, 2.24) is 15.6 Å². The number of hydrogen-bond acceptors (Lipinski definition) is 3. The van der Waals surface area contributed by atoms with Gasteiger partial charge in [0.1, 0.15) is 12.4 Å². The third-order valence-electron chi connectivity index (χ3n) is 3.25. The van der Waals surface area contributed by atoms with Gasteiger partial charge >= 0.3 is 0 Å². The van der Waals surface area contributed by atoms with Crippen molar-refractivity contribution in [3.63, 3.8) is 0 Å². The maximum Gasteiger partial charge on any atom is 0.246 e. The minimum atomic E-state index is -0.345. The highest BCUT2D eigenvalue weighted by Crippen LogP contribution is 2.07. The number of carbonyl (C=O) groups excluding carboxylic acids is 1. The molecule has 0 aliphatic carbocycles. The molecule has 0 aliphatic heterocycles. The maximum atomic E-state index is 12.8. The smallest absolute Gasteiger partial charge is 0.246 e. The minimum Gasteiger partial charge on any atom is -0.357 e. The SMILES string of the molecule is CCNC(=NCC(=O)Nc1ccc(F)cc1)NCCc1ccccn1. The standard InChI is InChI=1S/C18H22FN5O/c1-2-20-18(22-12-10-15-5-3-4-11-21-15)23-13-17(25)24-16-8-6-14(19)7-9-16/h3-9,11H,2,10,12-13H2,1H3,(H,24,25)(H2,20,22,23). The van der Waals surface area contributed by atoms with Crippen LogP contribution < -0.4 is 16.0 Å². The molecule has 6 nitrogen and oxygen atoms in total. The topological polar surface area (TPSA) is 78.4 Å². The fourth-order valence-corrected chi connectivity index (χ4v) is 2.08. The number of pyridine rings is 1. The van der Waals surface area contributed by atoms with E-state index in [1.807, 2.05) is 25.1 Å². The van der Waals surface area contributed by atoms with Crippen LogP contribution in [0, 0.1) is 5.82 Å². The number of aliphatic imine (C=N–C) groups is 1. The first-order chi connectivity index (χ1) is 12.2. The summed E-state index contributed by atoms with van der Waals surface area (Å²) in [5, 5.41) is 8.92. The zero-order valence-electron chi connectivity index (χ0n) is 14.1. The highest BCUT2D eigenvalue weighted by molar-refractivity contribution is 5.94. The van der Waals surface area contributed by atoms with Crippen LogP contribution in [0.4, 0.5) is 10.1 Å². The molecule has 0 saturated carbocycles. The number of carbonyl (C=O) groups is 1. The van der Waals surface area contributed by atoms with Crippen molar-refractivity contribution in [2.75, 3.05) is 25.0 Å². The van der Waals surface area contributed by atoms with E-state index in [1.54, 1.807) is 6.20 Å². The number of benzene rings is 1. The van der Waals surface area contributed by atoms with E-state index in [0.29, 0.717) is 24.7 Å². The largest absolute Gasteiger partial charge is 0.357 e. The summed E-state index contributed by atoms with van der Waals surface area (Å²) in [6.07, 6.45) is 2.52. The molecule has 1 aromatic heterocycles. The summed E-state index contributed by atoms with van der Waals surface area (Å²) >= 11 is 0. The minimum absolute atomic E-state index is 0.0315. The number of anilines is 1. The Kier molecular flexibility index (Phi) is 7.37. The summed E-state index contributed by atoms with van der Waals surface area (Å²) in [6.45, 7) is 3.27. The summed E-state index contributed by atoms with van der Waals surface area (Å²) in [5.74, 6) is -0.0521. The molecule has 25 heavy (non-hydrogen) atoms. The van der Waals surface area contributed by atoms with Crippen molar-refractivity contribution in [3.05, 3.63) is 60.2 Å². The maximum absolute atomic E-state index is 12.8. The van der Waals surface area contributed by atoms with E-state index < -0.39 is 0 Å². The number of rotatable bonds is 7. The lowest BCUT2D eigenvalue weighted by Crippen LogP contribution is -2.39. The third-order valence-corrected chi connectivity index (χ3v) is 3.25. The van der Waals surface area contributed by atoms with E-state index >= 15 is 0 Å². The Morgan fingerprint density at radius 3 is 2.64 bits per heavy atom. The van der Waals surface area contributed by atoms with Gasteiger partial charge in [-0.25, -0.2) is 9.38 Å². The molecule has 0 fully saturated rings. The van der Waals surface area contributed by atoms with Crippen LogP contribution in [0.3, 0.4) is 0 Å². The van der Waals surface area contributed by atoms with E-state index in [1.165, 1.54) is 24.3 Å². The van der Waals surface area contributed by atoms with Crippen molar-refractivity contribution in [3.8, 4) is 0 Å². The summed E-state index contributed by atoms with van der Waals surface area (Å²) in [6, 6.07) is 11.4. The summed E-state index contributed by atoms with van der Waals surface area (Å²) in [7, 11) is 0. The van der Waals surface area contributed by atoms with Gasteiger partial charge in [-0.3, -0.25) is 9.78 Å². The second-order valence-electron chi connectivity index (χ2n) is 5.25. The van der Waals surface area contributed by atoms with Crippen LogP contribution in [0.5, 0.6) is 0 Å². The van der Waals surface area contributed by atoms with Gasteiger partial charge in [0.2, 0.25) is 5.91 Å². The molecule has 0 aliphatic rings. The number of hydrogen-bond donors (Lipinski definition) is 3. The first kappa shape index (κ1) is 18.4. The van der Waals surface area contributed by atoms with Gasteiger partial charge in [-0.05, 0) is 43.3 Å². The molecule has 1 amide bonds. The monoisotopic (exact) mass is 343 g/mol. The number of aromatic nitrogens is 1. The zero-order chi connectivity index (χ0) is 17.9. The number of nitrogens with zero attached hydrogens (tertiary/aromatic N) is 2. The van der Waals surface area contributed by atoms with E-state index in [4.69, 9.17) is 0 Å². The predicted molar refractivity (Wildman–Crippen MR) is 97.0 cm³/mol. The molecule has 3 N–H and O–H groups in total. The summed E-state index contributed by atoms with van der Waals surface area (Å²) in [5.41, 5.74) is 1.52. The second kappa shape index (κ2) is 10.0. The number of guanidine groups is 1. The van der Waals surface area contributed by atoms with Crippen LogP contribution in [-0.4, -0.2) is 36.5 Å². The Bertz CT molecular complexity index is 688. The van der Waals surface area contributed by atoms with Gasteiger partial charge in [0.15, 0.2) is 5.96 Å². The van der Waals surface area contributed by atoms with Gasteiger partial charge in [0, 0.05) is 37.1 Å². The molecule has 2 rings (SSSR count). The van der Waals surface area contributed by atoms with Crippen molar-refractivity contribution in [1.29, 1.82) is 0 Å². The van der Waals surface area contributed by atoms with E-state index in [9.17, 15) is 9.18 Å². The molecule has 1 heterocycles. The number of amides is 1. The van der Waals surface area contributed by atoms with Crippen molar-refractivity contribution >= 4 is 17.6 Å². The molecule has 0 unspecified atom stereocenters. The number of halogens is 1. The van der Waals surface area contributed by atoms with Gasteiger partial charge in [-0.15, -0.1) is 0 Å². The van der Waals surface area contributed by atoms with E-state index in [0.717, 1.165) is 12.1 Å². The first-order valence-electron chi connectivity index (χ1n) is 8.15. The average molecular weight is 343 g/mol. The lowest BCUT2D eigenvalue weighted by atomic mass is 10.3. The predicted octanol–water partition coefficient (Wildman–Crippen LogP) is 1.96. The Labute approximate surface area is 146 Å². The number of nitrogens with one attached hydrogen (secondary N) is 3. The second-order valence-corrected chi connectivity index (χ2v) is 5.25. The normalized spacial score (nSPS) is 11.0. The molecule has 0 bridgehead atoms. The van der Waals surface area contributed by atoms with Gasteiger partial charge in [-0.1, -0.05) is 6.07 Å². The van der Waals surface area contributed by atoms with Crippen molar-refractivity contribution in [2.24, 2.45) is 4.99 Å². The fourth-order valence-electron chi connectivity index (χ4n) is 2.08. The lowest BCUT2D eigenvalue weighted by Gasteiger charge is -2.11. The van der Waals surface area contributed by atoms with E-state index in [2.05, 4.69) is 25.9 Å². The van der Waals surface area contributed by atoms with Crippen LogP contribution in [0.2, 0.25) is 0 Å². The highest BCUT2D eigenvalue weighted by Gasteiger charge is 2.03. The van der Waals surface area contributed by atoms with Gasteiger partial charge in [0.25, 0.3) is 0 Å². The van der Waals surface area contributed by atoms with Crippen molar-refractivity contribution < 1.29 is 9.18 Å². The first-order valence-corrected chi connectivity index (χ1v) is 8.15. The Morgan fingerprint density at radius 1 is 1.16 bits per heavy atom. The summed E-state index contributed by atoms with van der Waals surface area (Å²) in [4.78, 5) is 20.4.